The van der Waals surface area contributed by atoms with E-state index in [1.165, 1.54) is 4.70 Å². The fourth-order valence-electron chi connectivity index (χ4n) is 1.50. The lowest BCUT2D eigenvalue weighted by Crippen LogP contribution is -2.06. The van der Waals surface area contributed by atoms with Crippen molar-refractivity contribution in [2.24, 2.45) is 0 Å². The fourth-order valence-corrected chi connectivity index (χ4v) is 2.52. The molecule has 0 aliphatic rings. The number of benzene rings is 1. The Hall–Kier alpha value is -0.970. The highest BCUT2D eigenvalue weighted by Crippen LogP contribution is 2.29. The van der Waals surface area contributed by atoms with Gasteiger partial charge in [-0.1, -0.05) is 26.0 Å². The van der Waals surface area contributed by atoms with E-state index in [1.807, 2.05) is 12.1 Å². The molecule has 0 radical (unpaired) electrons. The Morgan fingerprint density at radius 2 is 2.27 bits per heavy atom. The van der Waals surface area contributed by atoms with Gasteiger partial charge >= 0.3 is 0 Å². The Bertz CT molecular complexity index is 465. The lowest BCUT2D eigenvalue weighted by Gasteiger charge is -1.99. The molecule has 0 bridgehead atoms. The molecule has 4 heteroatoms. The third-order valence-electron chi connectivity index (χ3n) is 2.28. The van der Waals surface area contributed by atoms with Gasteiger partial charge in [0.2, 0.25) is 0 Å². The number of para-hydroxylation sites is 1. The fraction of sp³-hybridized carbons (Fsp3) is 0.364. The zero-order valence-corrected chi connectivity index (χ0v) is 9.64. The number of thiazole rings is 1. The monoisotopic (exact) mass is 222 g/mol. The van der Waals surface area contributed by atoms with Gasteiger partial charge in [-0.3, -0.25) is 0 Å². The summed E-state index contributed by atoms with van der Waals surface area (Å²) in [5.41, 5.74) is 4.23. The van der Waals surface area contributed by atoms with Crippen molar-refractivity contribution in [3.63, 3.8) is 0 Å². The zero-order chi connectivity index (χ0) is 10.8. The largest absolute Gasteiger partial charge is 0.316 e. The van der Waals surface area contributed by atoms with Gasteiger partial charge in [-0.2, -0.15) is 0 Å². The molecule has 0 unspecified atom stereocenters. The number of rotatable bonds is 3. The number of aromatic nitrogens is 1. The van der Waals surface area contributed by atoms with E-state index in [0.717, 1.165) is 16.1 Å². The van der Waals surface area contributed by atoms with Gasteiger partial charge < -0.3 is 5.21 Å². The third-order valence-corrected chi connectivity index (χ3v) is 3.60. The molecule has 0 saturated heterocycles. The van der Waals surface area contributed by atoms with E-state index in [4.69, 9.17) is 5.21 Å². The molecule has 0 fully saturated rings. The molecule has 0 saturated carbocycles. The van der Waals surface area contributed by atoms with Crippen LogP contribution >= 0.6 is 11.3 Å². The first-order chi connectivity index (χ1) is 7.22. The summed E-state index contributed by atoms with van der Waals surface area (Å²) in [7, 11) is 0. The molecular formula is C11H14N2OS. The average Bonchev–Trinajstić information content (AvgIpc) is 2.63. The quantitative estimate of drug-likeness (QED) is 0.785. The van der Waals surface area contributed by atoms with Gasteiger partial charge in [0.25, 0.3) is 0 Å². The topological polar surface area (TPSA) is 45.2 Å². The van der Waals surface area contributed by atoms with Crippen LogP contribution in [0.2, 0.25) is 0 Å². The summed E-state index contributed by atoms with van der Waals surface area (Å²) in [4.78, 5) is 4.60. The number of hydrogen-bond donors (Lipinski definition) is 2. The van der Waals surface area contributed by atoms with E-state index in [9.17, 15) is 0 Å². The van der Waals surface area contributed by atoms with Crippen LogP contribution in [0.1, 0.15) is 30.3 Å². The molecule has 0 aliphatic heterocycles. The first kappa shape index (κ1) is 10.5. The highest BCUT2D eigenvalue weighted by molar-refractivity contribution is 7.18. The normalized spacial score (nSPS) is 11.5. The smallest absolute Gasteiger partial charge is 0.0964 e. The summed E-state index contributed by atoms with van der Waals surface area (Å²) < 4.78 is 1.19. The van der Waals surface area contributed by atoms with Crippen molar-refractivity contribution in [2.75, 3.05) is 0 Å². The van der Waals surface area contributed by atoms with E-state index in [2.05, 4.69) is 30.4 Å². The minimum Gasteiger partial charge on any atom is -0.316 e. The van der Waals surface area contributed by atoms with Gasteiger partial charge in [0, 0.05) is 12.5 Å². The third kappa shape index (κ3) is 2.02. The Balaban J connectivity index is 2.54. The molecule has 2 aromatic rings. The number of nitrogens with one attached hydrogen (secondary N) is 1. The second kappa shape index (κ2) is 4.26. The van der Waals surface area contributed by atoms with E-state index < -0.39 is 0 Å². The van der Waals surface area contributed by atoms with Gasteiger partial charge in [-0.05, 0) is 11.6 Å². The Morgan fingerprint density at radius 1 is 1.47 bits per heavy atom. The Morgan fingerprint density at radius 3 is 2.93 bits per heavy atom. The second-order valence-corrected chi connectivity index (χ2v) is 4.87. The molecule has 1 aromatic heterocycles. The minimum atomic E-state index is 0.443. The molecule has 0 amide bonds. The number of fused-ring (bicyclic) bond motifs is 1. The van der Waals surface area contributed by atoms with Gasteiger partial charge in [0.05, 0.1) is 15.2 Å². The van der Waals surface area contributed by atoms with Gasteiger partial charge in [0.15, 0.2) is 0 Å². The molecule has 1 heterocycles. The second-order valence-electron chi connectivity index (χ2n) is 3.81. The van der Waals surface area contributed by atoms with E-state index in [0.29, 0.717) is 12.5 Å². The molecule has 2 N–H and O–H groups in total. The van der Waals surface area contributed by atoms with E-state index in [-0.39, 0.29) is 0 Å². The molecule has 0 aliphatic carbocycles. The van der Waals surface area contributed by atoms with Gasteiger partial charge in [-0.15, -0.1) is 11.3 Å². The van der Waals surface area contributed by atoms with Crippen LogP contribution in [0.15, 0.2) is 18.2 Å². The van der Waals surface area contributed by atoms with Crippen LogP contribution in [-0.4, -0.2) is 10.2 Å². The maximum Gasteiger partial charge on any atom is 0.0964 e. The summed E-state index contributed by atoms with van der Waals surface area (Å²) in [5, 5.41) is 9.87. The molecule has 2 rings (SSSR count). The molecule has 0 atom stereocenters. The van der Waals surface area contributed by atoms with Crippen LogP contribution in [0.4, 0.5) is 0 Å². The van der Waals surface area contributed by atoms with Crippen LogP contribution in [-0.2, 0) is 6.54 Å². The maximum atomic E-state index is 8.72. The summed E-state index contributed by atoms with van der Waals surface area (Å²) in [6.45, 7) is 4.72. The summed E-state index contributed by atoms with van der Waals surface area (Å²) in [6.07, 6.45) is 0. The predicted molar refractivity (Wildman–Crippen MR) is 62.3 cm³/mol. The van der Waals surface area contributed by atoms with Crippen LogP contribution in [0.5, 0.6) is 0 Å². The molecule has 1 aromatic carbocycles. The van der Waals surface area contributed by atoms with Crippen LogP contribution in [0.3, 0.4) is 0 Å². The lowest BCUT2D eigenvalue weighted by atomic mass is 10.2. The lowest BCUT2D eigenvalue weighted by molar-refractivity contribution is 0.161. The zero-order valence-electron chi connectivity index (χ0n) is 8.82. The van der Waals surface area contributed by atoms with Crippen LogP contribution in [0.25, 0.3) is 10.2 Å². The summed E-state index contributed by atoms with van der Waals surface area (Å²) in [5.74, 6) is 0.456. The van der Waals surface area contributed by atoms with Crippen molar-refractivity contribution in [2.45, 2.75) is 26.3 Å². The minimum absolute atomic E-state index is 0.443. The first-order valence-electron chi connectivity index (χ1n) is 4.97. The number of nitrogens with zero attached hydrogens (tertiary/aromatic N) is 1. The molecule has 3 nitrogen and oxygen atoms in total. The summed E-state index contributed by atoms with van der Waals surface area (Å²) in [6, 6.07) is 6.05. The van der Waals surface area contributed by atoms with E-state index in [1.54, 1.807) is 11.3 Å². The molecular weight excluding hydrogens is 208 g/mol. The number of hydroxylamine groups is 1. The van der Waals surface area contributed by atoms with Crippen molar-refractivity contribution >= 4 is 21.6 Å². The Kier molecular flexibility index (Phi) is 3.00. The molecule has 80 valence electrons. The highest BCUT2D eigenvalue weighted by atomic mass is 32.1. The first-order valence-corrected chi connectivity index (χ1v) is 5.79. The van der Waals surface area contributed by atoms with Crippen LogP contribution < -0.4 is 5.48 Å². The Labute approximate surface area is 92.7 Å². The average molecular weight is 222 g/mol. The van der Waals surface area contributed by atoms with Crippen LogP contribution in [0, 0.1) is 0 Å². The maximum absolute atomic E-state index is 8.72. The highest BCUT2D eigenvalue weighted by Gasteiger charge is 2.09. The number of hydrogen-bond acceptors (Lipinski definition) is 4. The molecule has 0 spiro atoms. The van der Waals surface area contributed by atoms with Crippen molar-refractivity contribution < 1.29 is 5.21 Å². The summed E-state index contributed by atoms with van der Waals surface area (Å²) >= 11 is 1.72. The van der Waals surface area contributed by atoms with Crippen molar-refractivity contribution in [1.29, 1.82) is 0 Å². The van der Waals surface area contributed by atoms with Crippen molar-refractivity contribution in [3.8, 4) is 0 Å². The van der Waals surface area contributed by atoms with Gasteiger partial charge in [0.1, 0.15) is 0 Å². The predicted octanol–water partition coefficient (Wildman–Crippen LogP) is 2.90. The van der Waals surface area contributed by atoms with Crippen molar-refractivity contribution in [3.05, 3.63) is 28.8 Å². The van der Waals surface area contributed by atoms with Gasteiger partial charge in [-0.25, -0.2) is 10.5 Å². The van der Waals surface area contributed by atoms with Crippen molar-refractivity contribution in [1.82, 2.24) is 10.5 Å². The standard InChI is InChI=1S/C11H14N2OS/c1-7(2)11-13-10-8(6-12-14)4-3-5-9(10)15-11/h3-5,7,12,14H,6H2,1-2H3. The molecule has 15 heavy (non-hydrogen) atoms. The van der Waals surface area contributed by atoms with E-state index >= 15 is 0 Å². The SMILES string of the molecule is CC(C)c1nc2c(CNO)cccc2s1.